The van der Waals surface area contributed by atoms with E-state index in [1.54, 1.807) is 6.26 Å². The van der Waals surface area contributed by atoms with E-state index in [-0.39, 0.29) is 17.2 Å². The lowest BCUT2D eigenvalue weighted by Gasteiger charge is -2.29. The predicted octanol–water partition coefficient (Wildman–Crippen LogP) is 1.77. The maximum Gasteiger partial charge on any atom is 0.169 e. The van der Waals surface area contributed by atoms with E-state index in [1.807, 2.05) is 6.92 Å². The molecule has 1 saturated carbocycles. The molecule has 2 unspecified atom stereocenters. The van der Waals surface area contributed by atoms with Gasteiger partial charge in [-0.15, -0.1) is 0 Å². The molecule has 15 heavy (non-hydrogen) atoms. The molecular formula is C12H19NO2. The van der Waals surface area contributed by atoms with Gasteiger partial charge >= 0.3 is 0 Å². The van der Waals surface area contributed by atoms with Crippen LogP contribution in [0, 0.1) is 5.41 Å². The van der Waals surface area contributed by atoms with Gasteiger partial charge in [-0.1, -0.05) is 13.3 Å². The molecule has 0 saturated heterocycles. The second-order valence-corrected chi connectivity index (χ2v) is 4.86. The molecule has 1 aliphatic heterocycles. The molecule has 3 heteroatoms. The molecule has 0 aromatic carbocycles. The molecule has 1 heterocycles. The number of hydrogen-bond acceptors (Lipinski definition) is 3. The van der Waals surface area contributed by atoms with Crippen molar-refractivity contribution in [3.05, 3.63) is 11.8 Å². The number of carbonyl (C=O) groups excluding carboxylic acids is 1. The van der Waals surface area contributed by atoms with Crippen molar-refractivity contribution in [3.8, 4) is 0 Å². The average Bonchev–Trinajstić information content (AvgIpc) is 2.61. The van der Waals surface area contributed by atoms with Crippen LogP contribution in [0.2, 0.25) is 0 Å². The van der Waals surface area contributed by atoms with Crippen LogP contribution in [0.1, 0.15) is 39.0 Å². The van der Waals surface area contributed by atoms with Gasteiger partial charge in [-0.2, -0.15) is 0 Å². The summed E-state index contributed by atoms with van der Waals surface area (Å²) in [4.78, 5) is 12.3. The summed E-state index contributed by atoms with van der Waals surface area (Å²) in [6, 6.07) is 0.0211. The van der Waals surface area contributed by atoms with Gasteiger partial charge in [0, 0.05) is 17.0 Å². The highest BCUT2D eigenvalue weighted by Gasteiger charge is 2.43. The summed E-state index contributed by atoms with van der Waals surface area (Å²) in [6.07, 6.45) is 6.39. The number of hydrogen-bond donors (Lipinski definition) is 1. The van der Waals surface area contributed by atoms with Crippen molar-refractivity contribution in [3.63, 3.8) is 0 Å². The Bertz CT molecular complexity index is 298. The molecule has 0 aromatic rings. The second kappa shape index (κ2) is 3.97. The van der Waals surface area contributed by atoms with E-state index in [0.717, 1.165) is 44.3 Å². The number of allylic oxidation sites excluding steroid dienone is 1. The molecule has 0 amide bonds. The fourth-order valence-electron chi connectivity index (χ4n) is 2.57. The molecule has 2 aliphatic rings. The summed E-state index contributed by atoms with van der Waals surface area (Å²) < 4.78 is 5.22. The minimum Gasteiger partial charge on any atom is -0.501 e. The number of Topliss-reactive ketones (excluding diaryl/α,β-unsaturated/α-hetero) is 1. The molecule has 0 spiro atoms. The third kappa shape index (κ3) is 1.81. The summed E-state index contributed by atoms with van der Waals surface area (Å²) in [5, 5.41) is 0. The molecule has 84 valence electrons. The van der Waals surface area contributed by atoms with E-state index < -0.39 is 0 Å². The molecule has 2 rings (SSSR count). The van der Waals surface area contributed by atoms with Crippen LogP contribution >= 0.6 is 0 Å². The molecule has 0 radical (unpaired) electrons. The smallest absolute Gasteiger partial charge is 0.169 e. The molecule has 1 fully saturated rings. The first kappa shape index (κ1) is 10.7. The van der Waals surface area contributed by atoms with Gasteiger partial charge in [0.25, 0.3) is 0 Å². The molecule has 0 bridgehead atoms. The Morgan fingerprint density at radius 2 is 2.40 bits per heavy atom. The highest BCUT2D eigenvalue weighted by atomic mass is 16.5. The summed E-state index contributed by atoms with van der Waals surface area (Å²) >= 11 is 0. The van der Waals surface area contributed by atoms with Gasteiger partial charge in [-0.25, -0.2) is 0 Å². The van der Waals surface area contributed by atoms with Crippen LogP contribution < -0.4 is 5.73 Å². The number of nitrogens with two attached hydrogens (primary N) is 1. The van der Waals surface area contributed by atoms with Crippen molar-refractivity contribution in [1.29, 1.82) is 0 Å². The third-order valence-electron chi connectivity index (χ3n) is 3.77. The molecule has 2 atom stereocenters. The van der Waals surface area contributed by atoms with Gasteiger partial charge in [0.15, 0.2) is 5.78 Å². The molecule has 0 aromatic heterocycles. The number of carbonyl (C=O) groups is 1. The van der Waals surface area contributed by atoms with Crippen LogP contribution in [-0.2, 0) is 9.53 Å². The van der Waals surface area contributed by atoms with Crippen LogP contribution in [0.3, 0.4) is 0 Å². The van der Waals surface area contributed by atoms with Crippen molar-refractivity contribution in [2.24, 2.45) is 11.1 Å². The Morgan fingerprint density at radius 3 is 2.93 bits per heavy atom. The molecule has 1 aliphatic carbocycles. The molecular weight excluding hydrogens is 190 g/mol. The Hall–Kier alpha value is -0.830. The zero-order chi connectivity index (χ0) is 10.9. The van der Waals surface area contributed by atoms with Gasteiger partial charge in [-0.05, 0) is 25.7 Å². The maximum atomic E-state index is 12.3. The summed E-state index contributed by atoms with van der Waals surface area (Å²) in [5.41, 5.74) is 6.53. The van der Waals surface area contributed by atoms with Gasteiger partial charge in [0.1, 0.15) is 0 Å². The van der Waals surface area contributed by atoms with E-state index in [2.05, 4.69) is 0 Å². The Balaban J connectivity index is 2.16. The Labute approximate surface area is 90.7 Å². The highest BCUT2D eigenvalue weighted by molar-refractivity contribution is 6.00. The SMILES string of the molecule is CC1(C(=O)C2=COCCC2)CCCC1N. The average molecular weight is 209 g/mol. The van der Waals surface area contributed by atoms with Crippen LogP contribution in [0.15, 0.2) is 11.8 Å². The van der Waals surface area contributed by atoms with Gasteiger partial charge in [0.2, 0.25) is 0 Å². The van der Waals surface area contributed by atoms with Crippen LogP contribution in [0.25, 0.3) is 0 Å². The molecule has 2 N–H and O–H groups in total. The van der Waals surface area contributed by atoms with Gasteiger partial charge < -0.3 is 10.5 Å². The standard InChI is InChI=1S/C12H19NO2/c1-12(6-2-5-10(12)13)11(14)9-4-3-7-15-8-9/h8,10H,2-7,13H2,1H3. The van der Waals surface area contributed by atoms with Gasteiger partial charge in [0.05, 0.1) is 12.9 Å². The first-order chi connectivity index (χ1) is 7.14. The van der Waals surface area contributed by atoms with E-state index in [9.17, 15) is 4.79 Å². The first-order valence-electron chi connectivity index (χ1n) is 5.75. The topological polar surface area (TPSA) is 52.3 Å². The van der Waals surface area contributed by atoms with E-state index in [1.165, 1.54) is 0 Å². The largest absolute Gasteiger partial charge is 0.501 e. The lowest BCUT2D eigenvalue weighted by molar-refractivity contribution is -0.124. The lowest BCUT2D eigenvalue weighted by atomic mass is 9.77. The highest BCUT2D eigenvalue weighted by Crippen LogP contribution is 2.40. The van der Waals surface area contributed by atoms with Crippen molar-refractivity contribution < 1.29 is 9.53 Å². The van der Waals surface area contributed by atoms with Crippen LogP contribution in [0.5, 0.6) is 0 Å². The summed E-state index contributed by atoms with van der Waals surface area (Å²) in [5.74, 6) is 0.215. The Kier molecular flexibility index (Phi) is 2.83. The summed E-state index contributed by atoms with van der Waals surface area (Å²) in [6.45, 7) is 2.74. The van der Waals surface area contributed by atoms with Crippen molar-refractivity contribution in [2.75, 3.05) is 6.61 Å². The normalized spacial score (nSPS) is 35.9. The van der Waals surface area contributed by atoms with Crippen LogP contribution in [-0.4, -0.2) is 18.4 Å². The number of rotatable bonds is 2. The van der Waals surface area contributed by atoms with Crippen molar-refractivity contribution in [2.45, 2.75) is 45.1 Å². The quantitative estimate of drug-likeness (QED) is 0.754. The zero-order valence-corrected chi connectivity index (χ0v) is 9.29. The van der Waals surface area contributed by atoms with Crippen molar-refractivity contribution >= 4 is 5.78 Å². The fraction of sp³-hybridized carbons (Fsp3) is 0.750. The van der Waals surface area contributed by atoms with Gasteiger partial charge in [-0.3, -0.25) is 4.79 Å². The number of ether oxygens (including phenoxy) is 1. The lowest BCUT2D eigenvalue weighted by Crippen LogP contribution is -2.42. The fourth-order valence-corrected chi connectivity index (χ4v) is 2.57. The van der Waals surface area contributed by atoms with E-state index in [0.29, 0.717) is 0 Å². The monoisotopic (exact) mass is 209 g/mol. The van der Waals surface area contributed by atoms with Crippen molar-refractivity contribution in [1.82, 2.24) is 0 Å². The maximum absolute atomic E-state index is 12.3. The minimum absolute atomic E-state index is 0.0211. The van der Waals surface area contributed by atoms with E-state index in [4.69, 9.17) is 10.5 Å². The zero-order valence-electron chi connectivity index (χ0n) is 9.29. The van der Waals surface area contributed by atoms with Crippen LogP contribution in [0.4, 0.5) is 0 Å². The first-order valence-corrected chi connectivity index (χ1v) is 5.75. The predicted molar refractivity (Wildman–Crippen MR) is 58.2 cm³/mol. The minimum atomic E-state index is -0.341. The second-order valence-electron chi connectivity index (χ2n) is 4.86. The van der Waals surface area contributed by atoms with E-state index >= 15 is 0 Å². The Morgan fingerprint density at radius 1 is 1.60 bits per heavy atom. The number of ketones is 1. The third-order valence-corrected chi connectivity index (χ3v) is 3.77. The summed E-state index contributed by atoms with van der Waals surface area (Å²) in [7, 11) is 0. The molecule has 3 nitrogen and oxygen atoms in total.